The fourth-order valence-corrected chi connectivity index (χ4v) is 3.25. The molecule has 0 spiro atoms. The van der Waals surface area contributed by atoms with Crippen molar-refractivity contribution in [2.75, 3.05) is 0 Å². The molecule has 0 aromatic rings. The van der Waals surface area contributed by atoms with Crippen LogP contribution in [0.2, 0.25) is 0 Å². The molecule has 0 aromatic carbocycles. The van der Waals surface area contributed by atoms with E-state index in [4.69, 9.17) is 0 Å². The van der Waals surface area contributed by atoms with Crippen LogP contribution in [0.1, 0.15) is 53.4 Å². The minimum atomic E-state index is 0.747. The number of hydrogen-bond donors (Lipinski definition) is 0. The Kier molecular flexibility index (Phi) is 3.04. The van der Waals surface area contributed by atoms with E-state index in [2.05, 4.69) is 33.8 Å². The lowest BCUT2D eigenvalue weighted by Crippen LogP contribution is -2.22. The Morgan fingerprint density at radius 2 is 2.00 bits per heavy atom. The van der Waals surface area contributed by atoms with Gasteiger partial charge in [-0.15, -0.1) is 0 Å². The van der Waals surface area contributed by atoms with Crippen LogP contribution in [0, 0.1) is 17.8 Å². The zero-order valence-electron chi connectivity index (χ0n) is 10.6. The van der Waals surface area contributed by atoms with Crippen LogP contribution in [0.5, 0.6) is 0 Å². The lowest BCUT2D eigenvalue weighted by molar-refractivity contribution is 0.384. The van der Waals surface area contributed by atoms with Crippen LogP contribution < -0.4 is 0 Å². The number of rotatable bonds is 1. The molecule has 0 saturated heterocycles. The third-order valence-electron chi connectivity index (χ3n) is 4.24. The summed E-state index contributed by atoms with van der Waals surface area (Å²) >= 11 is 0. The van der Waals surface area contributed by atoms with Gasteiger partial charge in [-0.2, -0.15) is 0 Å². The highest BCUT2D eigenvalue weighted by atomic mass is 14.3. The van der Waals surface area contributed by atoms with E-state index in [0.717, 1.165) is 17.8 Å². The van der Waals surface area contributed by atoms with Crippen LogP contribution in [0.25, 0.3) is 0 Å². The highest BCUT2D eigenvalue weighted by Gasteiger charge is 2.29. The summed E-state index contributed by atoms with van der Waals surface area (Å²) in [7, 11) is 0. The summed E-state index contributed by atoms with van der Waals surface area (Å²) in [4.78, 5) is 0. The summed E-state index contributed by atoms with van der Waals surface area (Å²) in [6, 6.07) is 0. The first-order valence-electron chi connectivity index (χ1n) is 6.48. The zero-order valence-corrected chi connectivity index (χ0v) is 10.6. The molecule has 84 valence electrons. The van der Waals surface area contributed by atoms with Gasteiger partial charge in [-0.1, -0.05) is 43.6 Å². The molecule has 0 radical (unpaired) electrons. The van der Waals surface area contributed by atoms with Gasteiger partial charge in [-0.05, 0) is 44.4 Å². The maximum absolute atomic E-state index is 2.47. The van der Waals surface area contributed by atoms with Gasteiger partial charge in [0.25, 0.3) is 0 Å². The van der Waals surface area contributed by atoms with Crippen LogP contribution >= 0.6 is 0 Å². The first-order valence-corrected chi connectivity index (χ1v) is 6.48. The molecule has 0 nitrogen and oxygen atoms in total. The van der Waals surface area contributed by atoms with Gasteiger partial charge in [-0.25, -0.2) is 0 Å². The average Bonchev–Trinajstić information content (AvgIpc) is 2.17. The van der Waals surface area contributed by atoms with Crippen molar-refractivity contribution in [1.82, 2.24) is 0 Å². The predicted molar refractivity (Wildman–Crippen MR) is 66.7 cm³/mol. The largest absolute Gasteiger partial charge is 0.0809 e. The summed E-state index contributed by atoms with van der Waals surface area (Å²) < 4.78 is 0. The van der Waals surface area contributed by atoms with Gasteiger partial charge in [0.1, 0.15) is 0 Å². The highest BCUT2D eigenvalue weighted by molar-refractivity contribution is 5.34. The van der Waals surface area contributed by atoms with Crippen LogP contribution in [0.4, 0.5) is 0 Å². The summed E-state index contributed by atoms with van der Waals surface area (Å²) in [5, 5.41) is 0. The molecule has 2 rings (SSSR count). The second kappa shape index (κ2) is 4.15. The minimum Gasteiger partial charge on any atom is -0.0809 e. The van der Waals surface area contributed by atoms with E-state index in [1.54, 1.807) is 11.1 Å². The normalized spacial score (nSPS) is 31.7. The van der Waals surface area contributed by atoms with E-state index < -0.39 is 0 Å². The van der Waals surface area contributed by atoms with E-state index in [1.807, 2.05) is 5.57 Å². The number of fused-ring (bicyclic) bond motifs is 1. The van der Waals surface area contributed by atoms with Crippen LogP contribution in [0.3, 0.4) is 0 Å². The maximum atomic E-state index is 2.47. The second-order valence-electron chi connectivity index (χ2n) is 5.80. The molecule has 2 atom stereocenters. The van der Waals surface area contributed by atoms with Crippen molar-refractivity contribution in [3.63, 3.8) is 0 Å². The predicted octanol–water partition coefficient (Wildman–Crippen LogP) is 4.73. The lowest BCUT2D eigenvalue weighted by atomic mass is 9.69. The van der Waals surface area contributed by atoms with Crippen molar-refractivity contribution in [2.24, 2.45) is 17.8 Å². The smallest absolute Gasteiger partial charge is 0.000736 e. The van der Waals surface area contributed by atoms with Gasteiger partial charge < -0.3 is 0 Å². The van der Waals surface area contributed by atoms with Crippen molar-refractivity contribution in [3.8, 4) is 0 Å². The summed E-state index contributed by atoms with van der Waals surface area (Å²) in [5.74, 6) is 2.47. The third kappa shape index (κ3) is 2.04. The average molecular weight is 204 g/mol. The summed E-state index contributed by atoms with van der Waals surface area (Å²) in [6.45, 7) is 9.45. The lowest BCUT2D eigenvalue weighted by Gasteiger charge is -2.36. The fraction of sp³-hybridized carbons (Fsp3) is 0.733. The van der Waals surface area contributed by atoms with Crippen molar-refractivity contribution in [3.05, 3.63) is 22.8 Å². The highest BCUT2D eigenvalue weighted by Crippen LogP contribution is 2.44. The van der Waals surface area contributed by atoms with Crippen molar-refractivity contribution < 1.29 is 0 Å². The minimum absolute atomic E-state index is 0.747. The Morgan fingerprint density at radius 1 is 1.27 bits per heavy atom. The Hall–Kier alpha value is -0.520. The SMILES string of the molecule is CC1=CCC(C(C)C)=C2C[C@@H](C)CC[C@@H]12. The Morgan fingerprint density at radius 3 is 2.67 bits per heavy atom. The van der Waals surface area contributed by atoms with E-state index in [-0.39, 0.29) is 0 Å². The van der Waals surface area contributed by atoms with Gasteiger partial charge >= 0.3 is 0 Å². The molecular formula is C15H24. The standard InChI is InChI=1S/C15H24/c1-10(2)13-8-6-12(4)14-7-5-11(3)9-15(13)14/h6,10-11,14H,5,7-9H2,1-4H3/t11-,14-/m0/s1. The molecule has 0 bridgehead atoms. The zero-order chi connectivity index (χ0) is 11.0. The van der Waals surface area contributed by atoms with Crippen LogP contribution in [0.15, 0.2) is 22.8 Å². The first kappa shape index (κ1) is 11.0. The van der Waals surface area contributed by atoms with Gasteiger partial charge in [-0.3, -0.25) is 0 Å². The quantitative estimate of drug-likeness (QED) is 0.542. The Bertz CT molecular complexity index is 304. The van der Waals surface area contributed by atoms with Crippen molar-refractivity contribution in [1.29, 1.82) is 0 Å². The third-order valence-corrected chi connectivity index (χ3v) is 4.24. The molecule has 0 heteroatoms. The molecule has 2 aliphatic rings. The van der Waals surface area contributed by atoms with Crippen molar-refractivity contribution in [2.45, 2.75) is 53.4 Å². The molecule has 0 aliphatic heterocycles. The van der Waals surface area contributed by atoms with Gasteiger partial charge in [0.2, 0.25) is 0 Å². The van der Waals surface area contributed by atoms with E-state index >= 15 is 0 Å². The molecule has 0 amide bonds. The fourth-order valence-electron chi connectivity index (χ4n) is 3.25. The number of hydrogen-bond acceptors (Lipinski definition) is 0. The van der Waals surface area contributed by atoms with Crippen LogP contribution in [-0.4, -0.2) is 0 Å². The second-order valence-corrected chi connectivity index (χ2v) is 5.80. The van der Waals surface area contributed by atoms with E-state index in [9.17, 15) is 0 Å². The van der Waals surface area contributed by atoms with E-state index in [1.165, 1.54) is 25.7 Å². The summed E-state index contributed by atoms with van der Waals surface area (Å²) in [6.07, 6.45) is 7.88. The van der Waals surface area contributed by atoms with Gasteiger partial charge in [0, 0.05) is 5.92 Å². The van der Waals surface area contributed by atoms with Gasteiger partial charge in [0.15, 0.2) is 0 Å². The molecular weight excluding hydrogens is 180 g/mol. The topological polar surface area (TPSA) is 0 Å². The molecule has 0 heterocycles. The van der Waals surface area contributed by atoms with Crippen LogP contribution in [-0.2, 0) is 0 Å². The molecule has 0 N–H and O–H groups in total. The first-order chi connectivity index (χ1) is 7.09. The molecule has 2 aliphatic carbocycles. The molecule has 1 fully saturated rings. The molecule has 0 unspecified atom stereocenters. The van der Waals surface area contributed by atoms with Gasteiger partial charge in [0.05, 0.1) is 0 Å². The maximum Gasteiger partial charge on any atom is 0.000736 e. The summed E-state index contributed by atoms with van der Waals surface area (Å²) in [5.41, 5.74) is 5.20. The number of allylic oxidation sites excluding steroid dienone is 4. The van der Waals surface area contributed by atoms with E-state index in [0.29, 0.717) is 0 Å². The van der Waals surface area contributed by atoms with Crippen molar-refractivity contribution >= 4 is 0 Å². The molecule has 1 saturated carbocycles. The molecule has 15 heavy (non-hydrogen) atoms. The Balaban J connectivity index is 2.31. The monoisotopic (exact) mass is 204 g/mol. The molecule has 0 aromatic heterocycles. The Labute approximate surface area is 94.5 Å².